The average molecular weight is 241 g/mol. The van der Waals surface area contributed by atoms with E-state index in [9.17, 15) is 9.59 Å². The van der Waals surface area contributed by atoms with Crippen LogP contribution in [0.2, 0.25) is 0 Å². The quantitative estimate of drug-likeness (QED) is 0.688. The number of primary amides is 1. The molecule has 0 saturated heterocycles. The summed E-state index contributed by atoms with van der Waals surface area (Å²) < 4.78 is 0. The van der Waals surface area contributed by atoms with Crippen LogP contribution >= 0.6 is 0 Å². The van der Waals surface area contributed by atoms with E-state index in [4.69, 9.17) is 5.73 Å². The Kier molecular flexibility index (Phi) is 4.93. The van der Waals surface area contributed by atoms with Crippen molar-refractivity contribution in [3.05, 3.63) is 0 Å². The summed E-state index contributed by atoms with van der Waals surface area (Å²) in [6.45, 7) is 6.21. The summed E-state index contributed by atoms with van der Waals surface area (Å²) in [6.07, 6.45) is 3.52. The smallest absolute Gasteiger partial charge is 0.318 e. The Morgan fingerprint density at radius 3 is 2.53 bits per heavy atom. The van der Waals surface area contributed by atoms with Crippen LogP contribution in [0.4, 0.5) is 4.79 Å². The molecule has 17 heavy (non-hydrogen) atoms. The molecule has 1 fully saturated rings. The number of carbonyl (C=O) groups is 2. The molecule has 0 aliphatic heterocycles. The SMILES string of the molecule is C[C@@H]1[C@H](C)CCC[C@H]1N[C@@H](C)C(=O)NC(N)=O. The number of rotatable bonds is 3. The highest BCUT2D eigenvalue weighted by molar-refractivity contribution is 5.96. The highest BCUT2D eigenvalue weighted by Crippen LogP contribution is 2.29. The highest BCUT2D eigenvalue weighted by Gasteiger charge is 2.29. The molecule has 4 N–H and O–H groups in total. The number of nitrogens with two attached hydrogens (primary N) is 1. The Labute approximate surface area is 103 Å². The fraction of sp³-hybridized carbons (Fsp3) is 0.833. The third kappa shape index (κ3) is 4.00. The molecule has 1 rings (SSSR count). The van der Waals surface area contributed by atoms with Gasteiger partial charge in [-0.05, 0) is 25.2 Å². The monoisotopic (exact) mass is 241 g/mol. The van der Waals surface area contributed by atoms with Crippen LogP contribution in [-0.4, -0.2) is 24.0 Å². The molecule has 1 aliphatic rings. The molecule has 3 amide bonds. The first kappa shape index (κ1) is 14.0. The molecule has 0 aromatic heterocycles. The second kappa shape index (κ2) is 6.00. The van der Waals surface area contributed by atoms with Crippen LogP contribution in [0.3, 0.4) is 0 Å². The summed E-state index contributed by atoms with van der Waals surface area (Å²) in [4.78, 5) is 22.1. The van der Waals surface area contributed by atoms with Gasteiger partial charge < -0.3 is 11.1 Å². The number of amides is 3. The van der Waals surface area contributed by atoms with E-state index in [1.807, 2.05) is 0 Å². The zero-order chi connectivity index (χ0) is 13.0. The van der Waals surface area contributed by atoms with Crippen molar-refractivity contribution in [1.29, 1.82) is 0 Å². The summed E-state index contributed by atoms with van der Waals surface area (Å²) in [6, 6.07) is -0.846. The third-order valence-corrected chi connectivity index (χ3v) is 3.81. The van der Waals surface area contributed by atoms with Crippen molar-refractivity contribution >= 4 is 11.9 Å². The van der Waals surface area contributed by atoms with Crippen LogP contribution in [0.25, 0.3) is 0 Å². The Morgan fingerprint density at radius 1 is 1.29 bits per heavy atom. The van der Waals surface area contributed by atoms with Crippen molar-refractivity contribution in [2.75, 3.05) is 0 Å². The van der Waals surface area contributed by atoms with E-state index < -0.39 is 6.03 Å². The predicted molar refractivity (Wildman–Crippen MR) is 66.3 cm³/mol. The van der Waals surface area contributed by atoms with Gasteiger partial charge in [0.1, 0.15) is 0 Å². The molecule has 1 aliphatic carbocycles. The standard InChI is InChI=1S/C12H23N3O2/c1-7-5-4-6-10(8(7)2)14-9(3)11(16)15-12(13)17/h7-10,14H,4-6H2,1-3H3,(H3,13,15,16,17)/t7-,8-,9+,10-/m1/s1. The summed E-state index contributed by atoms with van der Waals surface area (Å²) in [5.41, 5.74) is 4.92. The first-order valence-electron chi connectivity index (χ1n) is 6.28. The number of carbonyl (C=O) groups excluding carboxylic acids is 2. The van der Waals surface area contributed by atoms with Gasteiger partial charge >= 0.3 is 6.03 Å². The van der Waals surface area contributed by atoms with Gasteiger partial charge in [-0.1, -0.05) is 26.7 Å². The average Bonchev–Trinajstić information content (AvgIpc) is 2.23. The molecule has 5 heteroatoms. The number of hydrogen-bond acceptors (Lipinski definition) is 3. The Balaban J connectivity index is 2.47. The number of hydrogen-bond donors (Lipinski definition) is 3. The van der Waals surface area contributed by atoms with Crippen LogP contribution < -0.4 is 16.4 Å². The minimum absolute atomic E-state index is 0.340. The molecule has 0 radical (unpaired) electrons. The van der Waals surface area contributed by atoms with E-state index >= 15 is 0 Å². The first-order chi connectivity index (χ1) is 7.91. The van der Waals surface area contributed by atoms with Crippen LogP contribution in [0.15, 0.2) is 0 Å². The Bertz CT molecular complexity index is 293. The zero-order valence-corrected chi connectivity index (χ0v) is 10.8. The molecule has 0 bridgehead atoms. The lowest BCUT2D eigenvalue weighted by molar-refractivity contribution is -0.122. The predicted octanol–water partition coefficient (Wildman–Crippen LogP) is 0.984. The molecule has 98 valence electrons. The van der Waals surface area contributed by atoms with Crippen molar-refractivity contribution in [3.63, 3.8) is 0 Å². The van der Waals surface area contributed by atoms with Gasteiger partial charge in [-0.15, -0.1) is 0 Å². The van der Waals surface area contributed by atoms with Crippen LogP contribution in [0.1, 0.15) is 40.0 Å². The molecule has 4 atom stereocenters. The number of nitrogens with one attached hydrogen (secondary N) is 2. The molecule has 0 aromatic carbocycles. The normalized spacial score (nSPS) is 30.6. The molecule has 5 nitrogen and oxygen atoms in total. The maximum atomic E-state index is 11.5. The fourth-order valence-corrected chi connectivity index (χ4v) is 2.44. The van der Waals surface area contributed by atoms with Gasteiger partial charge in [0.2, 0.25) is 5.91 Å². The Hall–Kier alpha value is -1.10. The van der Waals surface area contributed by atoms with Gasteiger partial charge in [0.15, 0.2) is 0 Å². The third-order valence-electron chi connectivity index (χ3n) is 3.81. The summed E-state index contributed by atoms with van der Waals surface area (Å²) in [7, 11) is 0. The highest BCUT2D eigenvalue weighted by atomic mass is 16.2. The maximum absolute atomic E-state index is 11.5. The van der Waals surface area contributed by atoms with Crippen LogP contribution in [0, 0.1) is 11.8 Å². The second-order valence-electron chi connectivity index (χ2n) is 5.12. The summed E-state index contributed by atoms with van der Waals surface area (Å²) in [5.74, 6) is 0.864. The van der Waals surface area contributed by atoms with Gasteiger partial charge in [-0.2, -0.15) is 0 Å². The maximum Gasteiger partial charge on any atom is 0.318 e. The van der Waals surface area contributed by atoms with Crippen molar-refractivity contribution in [2.24, 2.45) is 17.6 Å². The molecular formula is C12H23N3O2. The number of imide groups is 1. The lowest BCUT2D eigenvalue weighted by Crippen LogP contribution is -2.52. The van der Waals surface area contributed by atoms with Crippen molar-refractivity contribution in [1.82, 2.24) is 10.6 Å². The van der Waals surface area contributed by atoms with Gasteiger partial charge in [-0.3, -0.25) is 10.1 Å². The topological polar surface area (TPSA) is 84.2 Å². The molecule has 0 aromatic rings. The zero-order valence-electron chi connectivity index (χ0n) is 10.8. The van der Waals surface area contributed by atoms with E-state index in [0.717, 1.165) is 6.42 Å². The lowest BCUT2D eigenvalue weighted by atomic mass is 9.78. The van der Waals surface area contributed by atoms with E-state index in [2.05, 4.69) is 24.5 Å². The van der Waals surface area contributed by atoms with Crippen molar-refractivity contribution in [3.8, 4) is 0 Å². The largest absolute Gasteiger partial charge is 0.351 e. The van der Waals surface area contributed by atoms with E-state index in [-0.39, 0.29) is 11.9 Å². The van der Waals surface area contributed by atoms with E-state index in [1.165, 1.54) is 12.8 Å². The Morgan fingerprint density at radius 2 is 1.94 bits per heavy atom. The van der Waals surface area contributed by atoms with E-state index in [0.29, 0.717) is 17.9 Å². The van der Waals surface area contributed by atoms with Crippen molar-refractivity contribution < 1.29 is 9.59 Å². The lowest BCUT2D eigenvalue weighted by Gasteiger charge is -2.36. The fourth-order valence-electron chi connectivity index (χ4n) is 2.44. The molecule has 1 saturated carbocycles. The minimum Gasteiger partial charge on any atom is -0.351 e. The van der Waals surface area contributed by atoms with Gasteiger partial charge in [-0.25, -0.2) is 4.79 Å². The minimum atomic E-state index is -0.797. The summed E-state index contributed by atoms with van der Waals surface area (Å²) in [5, 5.41) is 5.38. The van der Waals surface area contributed by atoms with Gasteiger partial charge in [0.25, 0.3) is 0 Å². The first-order valence-corrected chi connectivity index (χ1v) is 6.28. The van der Waals surface area contributed by atoms with Crippen LogP contribution in [0.5, 0.6) is 0 Å². The second-order valence-corrected chi connectivity index (χ2v) is 5.12. The van der Waals surface area contributed by atoms with Crippen LogP contribution in [-0.2, 0) is 4.79 Å². The summed E-state index contributed by atoms with van der Waals surface area (Å²) >= 11 is 0. The van der Waals surface area contributed by atoms with E-state index in [1.54, 1.807) is 6.92 Å². The molecule has 0 heterocycles. The number of urea groups is 1. The molecule has 0 spiro atoms. The molecular weight excluding hydrogens is 218 g/mol. The van der Waals surface area contributed by atoms with Gasteiger partial charge in [0, 0.05) is 6.04 Å². The van der Waals surface area contributed by atoms with Crippen molar-refractivity contribution in [2.45, 2.75) is 52.1 Å². The molecule has 0 unspecified atom stereocenters. The van der Waals surface area contributed by atoms with Gasteiger partial charge in [0.05, 0.1) is 6.04 Å².